The maximum absolute atomic E-state index is 13.0. The predicted molar refractivity (Wildman–Crippen MR) is 127 cm³/mol. The molecule has 4 rings (SSSR count). The summed E-state index contributed by atoms with van der Waals surface area (Å²) in [4.78, 5) is 34.7. The maximum atomic E-state index is 13.0. The monoisotopic (exact) mass is 470 g/mol. The van der Waals surface area contributed by atoms with Crippen LogP contribution in [-0.4, -0.2) is 62.6 Å². The van der Waals surface area contributed by atoms with Crippen LogP contribution in [0.1, 0.15) is 18.5 Å². The van der Waals surface area contributed by atoms with Crippen LogP contribution in [0.4, 0.5) is 5.69 Å². The summed E-state index contributed by atoms with van der Waals surface area (Å²) in [6.45, 7) is 4.76. The Labute approximate surface area is 198 Å². The van der Waals surface area contributed by atoms with E-state index in [2.05, 4.69) is 10.2 Å². The molecule has 2 aromatic rings. The van der Waals surface area contributed by atoms with Crippen molar-refractivity contribution in [1.82, 2.24) is 10.2 Å². The number of aliphatic imine (C=N–C) groups is 1. The number of hydrogen-bond donors (Lipinski definition) is 1. The number of nitrogens with zero attached hydrogens (tertiary/aromatic N) is 3. The average Bonchev–Trinajstić information content (AvgIpc) is 2.84. The van der Waals surface area contributed by atoms with Crippen LogP contribution in [0.2, 0.25) is 5.02 Å². The van der Waals surface area contributed by atoms with E-state index < -0.39 is 23.8 Å². The molecule has 2 aliphatic rings. The van der Waals surface area contributed by atoms with Gasteiger partial charge in [0, 0.05) is 36.9 Å². The van der Waals surface area contributed by atoms with Gasteiger partial charge in [0.15, 0.2) is 5.92 Å². The molecule has 1 saturated heterocycles. The van der Waals surface area contributed by atoms with Crippen molar-refractivity contribution in [2.45, 2.75) is 13.0 Å². The molecule has 1 fully saturated rings. The summed E-state index contributed by atoms with van der Waals surface area (Å²) in [6, 6.07) is 14.3. The number of anilines is 1. The standard InChI is InChI=1S/C24H27ClN4O4/c1-3-33-23(31)20-21(16-7-9-19(32-2)10-8-16)26-24(27-22(20)30)29-13-11-28(12-14-29)18-6-4-5-17(25)15-18/h4-10,15,20-21H,3,11-14H2,1-2H3,(H,26,27,30)/t20-,21-/m1/s1. The zero-order valence-electron chi connectivity index (χ0n) is 18.7. The van der Waals surface area contributed by atoms with Gasteiger partial charge in [0.05, 0.1) is 13.7 Å². The molecule has 0 aromatic heterocycles. The van der Waals surface area contributed by atoms with Gasteiger partial charge >= 0.3 is 5.97 Å². The number of carbonyl (C=O) groups excluding carboxylic acids is 2. The van der Waals surface area contributed by atoms with E-state index in [4.69, 9.17) is 26.1 Å². The Hall–Kier alpha value is -3.26. The van der Waals surface area contributed by atoms with E-state index in [1.165, 1.54) is 0 Å². The molecule has 2 aromatic carbocycles. The normalized spacial score (nSPS) is 20.7. The van der Waals surface area contributed by atoms with Crippen LogP contribution in [0.15, 0.2) is 53.5 Å². The number of halogens is 1. The van der Waals surface area contributed by atoms with Crippen LogP contribution >= 0.6 is 11.6 Å². The van der Waals surface area contributed by atoms with Gasteiger partial charge in [-0.25, -0.2) is 4.99 Å². The third-order valence-electron chi connectivity index (χ3n) is 5.84. The number of carbonyl (C=O) groups is 2. The van der Waals surface area contributed by atoms with Crippen molar-refractivity contribution in [3.05, 3.63) is 59.1 Å². The highest BCUT2D eigenvalue weighted by atomic mass is 35.5. The number of guanidine groups is 1. The number of amides is 1. The molecular weight excluding hydrogens is 444 g/mol. The molecule has 0 unspecified atom stereocenters. The van der Waals surface area contributed by atoms with Gasteiger partial charge in [-0.1, -0.05) is 29.8 Å². The van der Waals surface area contributed by atoms with Crippen molar-refractivity contribution in [1.29, 1.82) is 0 Å². The van der Waals surface area contributed by atoms with E-state index >= 15 is 0 Å². The van der Waals surface area contributed by atoms with Crippen LogP contribution in [-0.2, 0) is 14.3 Å². The third-order valence-corrected chi connectivity index (χ3v) is 6.08. The lowest BCUT2D eigenvalue weighted by atomic mass is 9.91. The van der Waals surface area contributed by atoms with Crippen molar-refractivity contribution >= 4 is 35.1 Å². The molecule has 1 amide bonds. The van der Waals surface area contributed by atoms with Crippen LogP contribution in [0, 0.1) is 5.92 Å². The first-order valence-corrected chi connectivity index (χ1v) is 11.3. The Morgan fingerprint density at radius 3 is 2.45 bits per heavy atom. The highest BCUT2D eigenvalue weighted by Gasteiger charge is 2.42. The summed E-state index contributed by atoms with van der Waals surface area (Å²) in [5, 5.41) is 3.53. The number of benzene rings is 2. The Morgan fingerprint density at radius 2 is 1.82 bits per heavy atom. The minimum Gasteiger partial charge on any atom is -0.497 e. The maximum Gasteiger partial charge on any atom is 0.321 e. The molecule has 9 heteroatoms. The van der Waals surface area contributed by atoms with E-state index in [0.29, 0.717) is 29.8 Å². The highest BCUT2D eigenvalue weighted by Crippen LogP contribution is 2.32. The molecule has 0 saturated carbocycles. The van der Waals surface area contributed by atoms with Gasteiger partial charge in [0.2, 0.25) is 11.9 Å². The van der Waals surface area contributed by atoms with Crippen molar-refractivity contribution < 1.29 is 19.1 Å². The van der Waals surface area contributed by atoms with Gasteiger partial charge in [-0.3, -0.25) is 14.9 Å². The Kier molecular flexibility index (Phi) is 7.03. The van der Waals surface area contributed by atoms with Gasteiger partial charge in [-0.2, -0.15) is 0 Å². The quantitative estimate of drug-likeness (QED) is 0.534. The van der Waals surface area contributed by atoms with Gasteiger partial charge in [0.1, 0.15) is 11.8 Å². The van der Waals surface area contributed by atoms with Crippen molar-refractivity contribution in [2.75, 3.05) is 44.8 Å². The molecule has 174 valence electrons. The van der Waals surface area contributed by atoms with Gasteiger partial charge in [0.25, 0.3) is 0 Å². The molecular formula is C24H27ClN4O4. The topological polar surface area (TPSA) is 83.5 Å². The van der Waals surface area contributed by atoms with Crippen LogP contribution in [0.25, 0.3) is 0 Å². The number of ether oxygens (including phenoxy) is 2. The van der Waals surface area contributed by atoms with E-state index in [9.17, 15) is 9.59 Å². The van der Waals surface area contributed by atoms with E-state index in [-0.39, 0.29) is 6.61 Å². The molecule has 2 atom stereocenters. The van der Waals surface area contributed by atoms with E-state index in [0.717, 1.165) is 24.3 Å². The Morgan fingerprint density at radius 1 is 1.12 bits per heavy atom. The lowest BCUT2D eigenvalue weighted by molar-refractivity contribution is -0.153. The second-order valence-electron chi connectivity index (χ2n) is 7.84. The zero-order valence-corrected chi connectivity index (χ0v) is 19.4. The van der Waals surface area contributed by atoms with Crippen LogP contribution in [0.5, 0.6) is 5.75 Å². The average molecular weight is 471 g/mol. The largest absolute Gasteiger partial charge is 0.497 e. The molecule has 0 spiro atoms. The number of piperazine rings is 1. The minimum absolute atomic E-state index is 0.194. The number of esters is 1. The number of methoxy groups -OCH3 is 1. The first-order valence-electron chi connectivity index (χ1n) is 10.9. The van der Waals surface area contributed by atoms with Crippen LogP contribution in [0.3, 0.4) is 0 Å². The molecule has 0 bridgehead atoms. The second kappa shape index (κ2) is 10.1. The lowest BCUT2D eigenvalue weighted by Gasteiger charge is -2.39. The van der Waals surface area contributed by atoms with Gasteiger partial charge in [-0.15, -0.1) is 0 Å². The lowest BCUT2D eigenvalue weighted by Crippen LogP contribution is -2.57. The molecule has 33 heavy (non-hydrogen) atoms. The fourth-order valence-corrected chi connectivity index (χ4v) is 4.30. The smallest absolute Gasteiger partial charge is 0.321 e. The summed E-state index contributed by atoms with van der Waals surface area (Å²) in [5.41, 5.74) is 1.81. The molecule has 1 N–H and O–H groups in total. The molecule has 0 aliphatic carbocycles. The van der Waals surface area contributed by atoms with Crippen LogP contribution < -0.4 is 15.0 Å². The first-order chi connectivity index (χ1) is 16.0. The van der Waals surface area contributed by atoms with Crippen molar-refractivity contribution in [3.8, 4) is 5.75 Å². The summed E-state index contributed by atoms with van der Waals surface area (Å²) in [6.07, 6.45) is 0. The molecule has 2 heterocycles. The molecule has 0 radical (unpaired) electrons. The summed E-state index contributed by atoms with van der Waals surface area (Å²) in [7, 11) is 1.59. The number of hydrogen-bond acceptors (Lipinski definition) is 7. The van der Waals surface area contributed by atoms with Crippen molar-refractivity contribution in [2.24, 2.45) is 10.9 Å². The fraction of sp³-hybridized carbons (Fsp3) is 0.375. The Balaban J connectivity index is 1.56. The third kappa shape index (κ3) is 5.06. The Bertz CT molecular complexity index is 1040. The SMILES string of the molecule is CCOC(=O)[C@H]1C(=O)NC(N2CCN(c3cccc(Cl)c3)CC2)=N[C@@H]1c1ccc(OC)cc1. The first kappa shape index (κ1) is 22.9. The molecule has 8 nitrogen and oxygen atoms in total. The number of rotatable bonds is 5. The van der Waals surface area contributed by atoms with Crippen molar-refractivity contribution in [3.63, 3.8) is 0 Å². The second-order valence-corrected chi connectivity index (χ2v) is 8.28. The van der Waals surface area contributed by atoms with Gasteiger partial charge < -0.3 is 19.3 Å². The predicted octanol–water partition coefficient (Wildman–Crippen LogP) is 2.88. The fourth-order valence-electron chi connectivity index (χ4n) is 4.12. The summed E-state index contributed by atoms with van der Waals surface area (Å²) >= 11 is 6.14. The van der Waals surface area contributed by atoms with Gasteiger partial charge in [-0.05, 0) is 42.8 Å². The van der Waals surface area contributed by atoms with E-state index in [1.807, 2.05) is 41.3 Å². The number of nitrogens with one attached hydrogen (secondary N) is 1. The minimum atomic E-state index is -1.05. The highest BCUT2D eigenvalue weighted by molar-refractivity contribution is 6.30. The summed E-state index contributed by atoms with van der Waals surface area (Å²) < 4.78 is 10.4. The zero-order chi connectivity index (χ0) is 23.4. The van der Waals surface area contributed by atoms with E-state index in [1.54, 1.807) is 26.2 Å². The summed E-state index contributed by atoms with van der Waals surface area (Å²) in [5.74, 6) is -0.865. The molecule has 2 aliphatic heterocycles.